The van der Waals surface area contributed by atoms with Crippen molar-refractivity contribution in [1.82, 2.24) is 4.98 Å². The summed E-state index contributed by atoms with van der Waals surface area (Å²) in [5, 5.41) is 3.21. The second-order valence-corrected chi connectivity index (χ2v) is 9.53. The third-order valence-electron chi connectivity index (χ3n) is 5.95. The second-order valence-electron chi connectivity index (χ2n) is 8.71. The summed E-state index contributed by atoms with van der Waals surface area (Å²) in [5.74, 6) is 1.25. The van der Waals surface area contributed by atoms with Gasteiger partial charge in [-0.25, -0.2) is 4.79 Å². The molecule has 12 heteroatoms. The number of nitrogens with zero attached hydrogens (tertiary/aromatic N) is 1. The van der Waals surface area contributed by atoms with E-state index in [-0.39, 0.29) is 28.0 Å². The Morgan fingerprint density at radius 2 is 1.69 bits per heavy atom. The molecule has 8 nitrogen and oxygen atoms in total. The predicted molar refractivity (Wildman–Crippen MR) is 142 cm³/mol. The van der Waals surface area contributed by atoms with Gasteiger partial charge in [0.1, 0.15) is 6.10 Å². The smallest absolute Gasteiger partial charge is 0.412 e. The normalized spacial score (nSPS) is 13.5. The van der Waals surface area contributed by atoms with Crippen LogP contribution in [0.5, 0.6) is 23.0 Å². The number of halogens is 4. The molecule has 0 saturated heterocycles. The first-order valence-corrected chi connectivity index (χ1v) is 12.7. The van der Waals surface area contributed by atoms with Crippen LogP contribution in [0.2, 0.25) is 10.0 Å². The average molecular weight is 583 g/mol. The molecule has 3 aromatic rings. The van der Waals surface area contributed by atoms with E-state index < -0.39 is 18.8 Å². The highest BCUT2D eigenvalue weighted by Crippen LogP contribution is 2.38. The van der Waals surface area contributed by atoms with E-state index in [4.69, 9.17) is 42.1 Å². The summed E-state index contributed by atoms with van der Waals surface area (Å²) in [7, 11) is 2.97. The SMILES string of the molecule is COc1ccc(NC(=O)O[C@@H](Cc2c(Cl)cncc2Cl)c2ccc(OC(F)F)c(OCC3CC3)c2)cc1OC. The highest BCUT2D eigenvalue weighted by molar-refractivity contribution is 6.35. The Morgan fingerprint density at radius 3 is 2.33 bits per heavy atom. The molecule has 208 valence electrons. The molecule has 39 heavy (non-hydrogen) atoms. The molecule has 1 fully saturated rings. The molecular weight excluding hydrogens is 557 g/mol. The number of carbonyl (C=O) groups excluding carboxylic acids is 1. The van der Waals surface area contributed by atoms with Crippen molar-refractivity contribution in [3.63, 3.8) is 0 Å². The number of ether oxygens (including phenoxy) is 5. The van der Waals surface area contributed by atoms with Crippen LogP contribution in [0.25, 0.3) is 0 Å². The van der Waals surface area contributed by atoms with Gasteiger partial charge in [-0.15, -0.1) is 0 Å². The Hall–Kier alpha value is -3.50. The van der Waals surface area contributed by atoms with E-state index >= 15 is 0 Å². The average Bonchev–Trinajstić information content (AvgIpc) is 3.74. The number of hydrogen-bond donors (Lipinski definition) is 1. The number of alkyl halides is 2. The lowest BCUT2D eigenvalue weighted by Gasteiger charge is -2.22. The summed E-state index contributed by atoms with van der Waals surface area (Å²) in [6, 6.07) is 9.20. The minimum atomic E-state index is -3.03. The van der Waals surface area contributed by atoms with Gasteiger partial charge >= 0.3 is 12.7 Å². The van der Waals surface area contributed by atoms with Crippen LogP contribution in [-0.4, -0.2) is 38.5 Å². The molecule has 0 unspecified atom stereocenters. The van der Waals surface area contributed by atoms with Crippen LogP contribution in [-0.2, 0) is 11.2 Å². The van der Waals surface area contributed by atoms with Gasteiger partial charge in [0, 0.05) is 30.6 Å². The first-order valence-electron chi connectivity index (χ1n) is 12.0. The molecule has 0 aliphatic heterocycles. The van der Waals surface area contributed by atoms with Gasteiger partial charge in [0.25, 0.3) is 0 Å². The maximum absolute atomic E-state index is 13.0. The number of methoxy groups -OCH3 is 2. The monoisotopic (exact) mass is 582 g/mol. The molecule has 1 saturated carbocycles. The van der Waals surface area contributed by atoms with E-state index in [1.807, 2.05) is 0 Å². The van der Waals surface area contributed by atoms with Crippen molar-refractivity contribution < 1.29 is 37.3 Å². The Labute approximate surface area is 234 Å². The van der Waals surface area contributed by atoms with Crippen molar-refractivity contribution in [2.75, 3.05) is 26.1 Å². The van der Waals surface area contributed by atoms with E-state index in [0.29, 0.717) is 40.8 Å². The minimum absolute atomic E-state index is 0.0661. The fourth-order valence-corrected chi connectivity index (χ4v) is 4.28. The van der Waals surface area contributed by atoms with E-state index in [1.165, 1.54) is 44.8 Å². The van der Waals surface area contributed by atoms with E-state index in [2.05, 4.69) is 15.0 Å². The highest BCUT2D eigenvalue weighted by Gasteiger charge is 2.26. The number of benzene rings is 2. The van der Waals surface area contributed by atoms with Crippen LogP contribution in [0.3, 0.4) is 0 Å². The summed E-state index contributed by atoms with van der Waals surface area (Å²) in [5.41, 5.74) is 1.34. The number of hydrogen-bond acceptors (Lipinski definition) is 7. The molecule has 0 spiro atoms. The molecule has 1 atom stereocenters. The predicted octanol–water partition coefficient (Wildman–Crippen LogP) is 7.33. The number of aromatic nitrogens is 1. The molecule has 1 aliphatic carbocycles. The quantitative estimate of drug-likeness (QED) is 0.239. The lowest BCUT2D eigenvalue weighted by molar-refractivity contribution is -0.0515. The maximum atomic E-state index is 13.0. The molecule has 1 heterocycles. The summed E-state index contributed by atoms with van der Waals surface area (Å²) in [6.45, 7) is -2.68. The lowest BCUT2D eigenvalue weighted by Crippen LogP contribution is -2.19. The third-order valence-corrected chi connectivity index (χ3v) is 6.60. The van der Waals surface area contributed by atoms with Crippen LogP contribution < -0.4 is 24.3 Å². The van der Waals surface area contributed by atoms with E-state index in [9.17, 15) is 13.6 Å². The number of pyridine rings is 1. The molecule has 1 aliphatic rings. The largest absolute Gasteiger partial charge is 0.493 e. The fourth-order valence-electron chi connectivity index (χ4n) is 3.76. The fraction of sp³-hybridized carbons (Fsp3) is 0.333. The highest BCUT2D eigenvalue weighted by atomic mass is 35.5. The second kappa shape index (κ2) is 13.0. The van der Waals surface area contributed by atoms with Gasteiger partial charge in [-0.1, -0.05) is 29.3 Å². The summed E-state index contributed by atoms with van der Waals surface area (Å²) >= 11 is 12.7. The molecule has 1 amide bonds. The van der Waals surface area contributed by atoms with Crippen molar-refractivity contribution in [1.29, 1.82) is 0 Å². The Morgan fingerprint density at radius 1 is 1.00 bits per heavy atom. The molecule has 0 radical (unpaired) electrons. The van der Waals surface area contributed by atoms with Crippen molar-refractivity contribution >= 4 is 35.0 Å². The number of amides is 1. The Bertz CT molecular complexity index is 1290. The zero-order chi connectivity index (χ0) is 27.9. The summed E-state index contributed by atoms with van der Waals surface area (Å²) < 4.78 is 52.8. The molecule has 1 N–H and O–H groups in total. The van der Waals surface area contributed by atoms with E-state index in [1.54, 1.807) is 18.2 Å². The van der Waals surface area contributed by atoms with Crippen LogP contribution in [0.4, 0.5) is 19.3 Å². The molecular formula is C27H26Cl2F2N2O6. The summed E-state index contributed by atoms with van der Waals surface area (Å²) in [6.07, 6.45) is 3.20. The van der Waals surface area contributed by atoms with Gasteiger partial charge in [0.15, 0.2) is 23.0 Å². The molecule has 1 aromatic heterocycles. The first kappa shape index (κ1) is 28.5. The lowest BCUT2D eigenvalue weighted by atomic mass is 10.0. The van der Waals surface area contributed by atoms with Crippen molar-refractivity contribution in [3.8, 4) is 23.0 Å². The number of nitrogens with one attached hydrogen (secondary N) is 1. The standard InChI is InChI=1S/C27H26Cl2F2N2O6/c1-35-21-8-6-17(10-24(21)36-2)33-27(34)39-23(11-18-19(28)12-32-13-20(18)29)16-5-7-22(38-26(30)31)25(9-16)37-14-15-3-4-15/h5-10,12-13,15,23,26H,3-4,11,14H2,1-2H3,(H,33,34)/t23-/m0/s1. The summed E-state index contributed by atoms with van der Waals surface area (Å²) in [4.78, 5) is 17.0. The van der Waals surface area contributed by atoms with Crippen LogP contribution in [0.1, 0.15) is 30.1 Å². The van der Waals surface area contributed by atoms with Gasteiger partial charge in [0.2, 0.25) is 0 Å². The third kappa shape index (κ3) is 7.77. The van der Waals surface area contributed by atoms with Gasteiger partial charge in [-0.3, -0.25) is 10.3 Å². The van der Waals surface area contributed by atoms with Crippen LogP contribution in [0.15, 0.2) is 48.8 Å². The number of carbonyl (C=O) groups is 1. The minimum Gasteiger partial charge on any atom is -0.493 e. The zero-order valence-corrected chi connectivity index (χ0v) is 22.6. The van der Waals surface area contributed by atoms with Gasteiger partial charge in [-0.2, -0.15) is 8.78 Å². The topological polar surface area (TPSA) is 88.1 Å². The molecule has 4 rings (SSSR count). The van der Waals surface area contributed by atoms with Crippen LogP contribution in [0, 0.1) is 5.92 Å². The Kier molecular flexibility index (Phi) is 9.53. The zero-order valence-electron chi connectivity index (χ0n) is 21.1. The van der Waals surface area contributed by atoms with Gasteiger partial charge in [-0.05, 0) is 54.2 Å². The van der Waals surface area contributed by atoms with Crippen LogP contribution >= 0.6 is 23.2 Å². The van der Waals surface area contributed by atoms with Gasteiger partial charge < -0.3 is 23.7 Å². The van der Waals surface area contributed by atoms with Crippen molar-refractivity contribution in [3.05, 3.63) is 70.0 Å². The van der Waals surface area contributed by atoms with Gasteiger partial charge in [0.05, 0.1) is 30.9 Å². The van der Waals surface area contributed by atoms with E-state index in [0.717, 1.165) is 12.8 Å². The molecule has 0 bridgehead atoms. The molecule has 2 aromatic carbocycles. The van der Waals surface area contributed by atoms with Crippen molar-refractivity contribution in [2.24, 2.45) is 5.92 Å². The first-order chi connectivity index (χ1) is 18.8. The Balaban J connectivity index is 1.62. The number of rotatable bonds is 12. The number of anilines is 1. The maximum Gasteiger partial charge on any atom is 0.412 e. The van der Waals surface area contributed by atoms with Crippen molar-refractivity contribution in [2.45, 2.75) is 32.0 Å².